The van der Waals surface area contributed by atoms with E-state index in [1.54, 1.807) is 23.9 Å². The Balaban J connectivity index is 1.26. The number of carbonyl (C=O) groups excluding carboxylic acids is 3. The van der Waals surface area contributed by atoms with Gasteiger partial charge in [0.25, 0.3) is 0 Å². The highest BCUT2D eigenvalue weighted by Gasteiger charge is 2.51. The summed E-state index contributed by atoms with van der Waals surface area (Å²) < 4.78 is 0. The zero-order chi connectivity index (χ0) is 20.8. The maximum Gasteiger partial charge on any atom is 0.321 e. The summed E-state index contributed by atoms with van der Waals surface area (Å²) in [5.41, 5.74) is -0.0967. The lowest BCUT2D eigenvalue weighted by Gasteiger charge is -2.56. The number of imide groups is 1. The van der Waals surface area contributed by atoms with E-state index in [9.17, 15) is 14.4 Å². The number of rotatable bonds is 3. The predicted octanol–water partition coefficient (Wildman–Crippen LogP) is 1.47. The van der Waals surface area contributed by atoms with Gasteiger partial charge in [0.2, 0.25) is 5.91 Å². The summed E-state index contributed by atoms with van der Waals surface area (Å²) in [5, 5.41) is 5.78. The van der Waals surface area contributed by atoms with Gasteiger partial charge in [-0.2, -0.15) is 0 Å². The summed E-state index contributed by atoms with van der Waals surface area (Å²) in [4.78, 5) is 42.7. The van der Waals surface area contributed by atoms with Crippen LogP contribution in [0.2, 0.25) is 0 Å². The highest BCUT2D eigenvalue weighted by molar-refractivity contribution is 5.97. The van der Waals surface area contributed by atoms with Gasteiger partial charge in [0, 0.05) is 45.8 Å². The fourth-order valence-corrected chi connectivity index (χ4v) is 6.50. The molecule has 0 aromatic heterocycles. The van der Waals surface area contributed by atoms with Crippen molar-refractivity contribution in [2.45, 2.75) is 57.0 Å². The summed E-state index contributed by atoms with van der Waals surface area (Å²) in [5.74, 6) is 1.98. The highest BCUT2D eigenvalue weighted by atomic mass is 16.2. The molecule has 1 atom stereocenters. The lowest BCUT2D eigenvalue weighted by atomic mass is 9.53. The van der Waals surface area contributed by atoms with Crippen molar-refractivity contribution in [1.29, 1.82) is 0 Å². The van der Waals surface area contributed by atoms with Gasteiger partial charge < -0.3 is 15.1 Å². The van der Waals surface area contributed by atoms with Crippen LogP contribution in [0.15, 0.2) is 0 Å². The largest absolute Gasteiger partial charge is 0.332 e. The Labute approximate surface area is 173 Å². The molecular weight excluding hydrogens is 370 g/mol. The average molecular weight is 406 g/mol. The van der Waals surface area contributed by atoms with Crippen LogP contribution in [0.4, 0.5) is 9.59 Å². The molecule has 1 saturated heterocycles. The van der Waals surface area contributed by atoms with Gasteiger partial charge >= 0.3 is 12.1 Å². The molecule has 8 heteroatoms. The second-order valence-electron chi connectivity index (χ2n) is 10.0. The molecule has 2 N–H and O–H groups in total. The first kappa shape index (κ1) is 20.4. The molecule has 4 aliphatic carbocycles. The Bertz CT molecular complexity index is 636. The smallest absolute Gasteiger partial charge is 0.321 e. The maximum absolute atomic E-state index is 12.7. The molecule has 8 nitrogen and oxygen atoms in total. The predicted molar refractivity (Wildman–Crippen MR) is 109 cm³/mol. The van der Waals surface area contributed by atoms with E-state index >= 15 is 0 Å². The Morgan fingerprint density at radius 3 is 1.93 bits per heavy atom. The number of hydrogen-bond acceptors (Lipinski definition) is 4. The third kappa shape index (κ3) is 4.22. The zero-order valence-electron chi connectivity index (χ0n) is 17.9. The van der Waals surface area contributed by atoms with E-state index in [2.05, 4.69) is 10.6 Å². The van der Waals surface area contributed by atoms with Crippen molar-refractivity contribution in [3.63, 3.8) is 0 Å². The van der Waals surface area contributed by atoms with Crippen LogP contribution >= 0.6 is 0 Å². The molecular formula is C21H35N5O3. The first-order valence-corrected chi connectivity index (χ1v) is 11.1. The topological polar surface area (TPSA) is 85.0 Å². The average Bonchev–Trinajstić information content (AvgIpc) is 2.65. The maximum atomic E-state index is 12.7. The minimum absolute atomic E-state index is 0.00305. The van der Waals surface area contributed by atoms with Crippen molar-refractivity contribution in [3.8, 4) is 0 Å². The van der Waals surface area contributed by atoms with Gasteiger partial charge in [0.15, 0.2) is 0 Å². The molecule has 4 saturated carbocycles. The molecule has 5 amide bonds. The monoisotopic (exact) mass is 405 g/mol. The van der Waals surface area contributed by atoms with Crippen LogP contribution in [0.1, 0.15) is 45.4 Å². The lowest BCUT2D eigenvalue weighted by Crippen LogP contribution is -2.63. The molecule has 5 aliphatic rings. The number of hydrogen-bond donors (Lipinski definition) is 2. The molecule has 5 rings (SSSR count). The lowest BCUT2D eigenvalue weighted by molar-refractivity contribution is -0.125. The summed E-state index contributed by atoms with van der Waals surface area (Å²) in [7, 11) is 3.49. The minimum atomic E-state index is -0.395. The van der Waals surface area contributed by atoms with Crippen molar-refractivity contribution < 1.29 is 14.4 Å². The second-order valence-corrected chi connectivity index (χ2v) is 10.0. The standard InChI is InChI=1S/C21H35N5O3/c1-14(25-4-6-26(7-5-25)20(29)24(2)3)18(27)22-19(28)23-21-11-15-8-16(12-21)10-17(9-15)13-21/h14-17H,4-13H2,1-3H3,(H2,22,23,27,28). The van der Waals surface area contributed by atoms with Crippen molar-refractivity contribution in [3.05, 3.63) is 0 Å². The molecule has 1 aliphatic heterocycles. The molecule has 0 spiro atoms. The van der Waals surface area contributed by atoms with Crippen molar-refractivity contribution in [2.24, 2.45) is 17.8 Å². The SMILES string of the molecule is CC(C(=O)NC(=O)NC12CC3CC(CC(C3)C1)C2)N1CCN(C(=O)N(C)C)CC1. The van der Waals surface area contributed by atoms with Gasteiger partial charge in [-0.15, -0.1) is 0 Å². The zero-order valence-corrected chi connectivity index (χ0v) is 17.9. The molecule has 4 bridgehead atoms. The molecule has 1 unspecified atom stereocenters. The fraction of sp³-hybridized carbons (Fsp3) is 0.857. The third-order valence-corrected chi connectivity index (χ3v) is 7.55. The van der Waals surface area contributed by atoms with Gasteiger partial charge in [-0.3, -0.25) is 15.0 Å². The highest BCUT2D eigenvalue weighted by Crippen LogP contribution is 2.55. The van der Waals surface area contributed by atoms with Gasteiger partial charge in [0.1, 0.15) is 0 Å². The van der Waals surface area contributed by atoms with E-state index in [1.807, 2.05) is 11.8 Å². The first-order valence-electron chi connectivity index (χ1n) is 11.1. The number of piperazine rings is 1. The summed E-state index contributed by atoms with van der Waals surface area (Å²) in [6.07, 6.45) is 7.16. The van der Waals surface area contributed by atoms with E-state index in [0.29, 0.717) is 26.2 Å². The van der Waals surface area contributed by atoms with Crippen LogP contribution in [0, 0.1) is 17.8 Å². The van der Waals surface area contributed by atoms with Crippen LogP contribution in [-0.4, -0.2) is 84.5 Å². The number of amides is 5. The number of nitrogens with one attached hydrogen (secondary N) is 2. The molecule has 29 heavy (non-hydrogen) atoms. The summed E-state index contributed by atoms with van der Waals surface area (Å²) in [6.45, 7) is 4.27. The van der Waals surface area contributed by atoms with Crippen LogP contribution in [-0.2, 0) is 4.79 Å². The summed E-state index contributed by atoms with van der Waals surface area (Å²) in [6, 6.07) is -0.740. The molecule has 5 fully saturated rings. The van der Waals surface area contributed by atoms with Gasteiger partial charge in [-0.05, 0) is 63.2 Å². The van der Waals surface area contributed by atoms with Crippen molar-refractivity contribution >= 4 is 18.0 Å². The summed E-state index contributed by atoms with van der Waals surface area (Å²) >= 11 is 0. The van der Waals surface area contributed by atoms with Gasteiger partial charge in [-0.25, -0.2) is 9.59 Å². The second kappa shape index (κ2) is 7.78. The van der Waals surface area contributed by atoms with Crippen molar-refractivity contribution in [2.75, 3.05) is 40.3 Å². The molecule has 1 heterocycles. The van der Waals surface area contributed by atoms with Crippen LogP contribution < -0.4 is 10.6 Å². The molecule has 162 valence electrons. The number of urea groups is 2. The Morgan fingerprint density at radius 2 is 1.45 bits per heavy atom. The quantitative estimate of drug-likeness (QED) is 0.745. The van der Waals surface area contributed by atoms with Crippen LogP contribution in [0.3, 0.4) is 0 Å². The van der Waals surface area contributed by atoms with Crippen molar-refractivity contribution in [1.82, 2.24) is 25.3 Å². The van der Waals surface area contributed by atoms with E-state index < -0.39 is 6.04 Å². The van der Waals surface area contributed by atoms with Crippen LogP contribution in [0.5, 0.6) is 0 Å². The Hall–Kier alpha value is -1.83. The van der Waals surface area contributed by atoms with Gasteiger partial charge in [0.05, 0.1) is 6.04 Å². The van der Waals surface area contributed by atoms with E-state index in [1.165, 1.54) is 19.3 Å². The normalized spacial score (nSPS) is 34.6. The Morgan fingerprint density at radius 1 is 0.931 bits per heavy atom. The fourth-order valence-electron chi connectivity index (χ4n) is 6.50. The van der Waals surface area contributed by atoms with E-state index in [0.717, 1.165) is 37.0 Å². The van der Waals surface area contributed by atoms with Gasteiger partial charge in [-0.1, -0.05) is 0 Å². The van der Waals surface area contributed by atoms with Crippen LogP contribution in [0.25, 0.3) is 0 Å². The molecule has 0 radical (unpaired) electrons. The first-order chi connectivity index (χ1) is 13.7. The molecule has 0 aromatic rings. The number of carbonyl (C=O) groups is 3. The Kier molecular flexibility index (Phi) is 5.48. The van der Waals surface area contributed by atoms with E-state index in [-0.39, 0.29) is 23.5 Å². The minimum Gasteiger partial charge on any atom is -0.332 e. The third-order valence-electron chi connectivity index (χ3n) is 7.55. The number of nitrogens with zero attached hydrogens (tertiary/aromatic N) is 3. The van der Waals surface area contributed by atoms with E-state index in [4.69, 9.17) is 0 Å². The molecule has 0 aromatic carbocycles.